The zero-order valence-corrected chi connectivity index (χ0v) is 10.8. The Balaban J connectivity index is 2.45. The standard InChI is InChI=1S/C15H23N/c1-5-13(3)16(4)12-11-15-9-7-14(6-2)8-10-15/h7-10H,3,5-6,11-12H2,1-2,4H3. The second-order valence-electron chi connectivity index (χ2n) is 4.26. The molecule has 0 unspecified atom stereocenters. The summed E-state index contributed by atoms with van der Waals surface area (Å²) in [7, 11) is 2.12. The summed E-state index contributed by atoms with van der Waals surface area (Å²) in [6.45, 7) is 9.43. The van der Waals surface area contributed by atoms with Crippen molar-refractivity contribution in [3.8, 4) is 0 Å². The van der Waals surface area contributed by atoms with Crippen molar-refractivity contribution < 1.29 is 0 Å². The molecule has 0 amide bonds. The monoisotopic (exact) mass is 217 g/mol. The Labute approximate surface area is 99.8 Å². The van der Waals surface area contributed by atoms with Gasteiger partial charge in [0.15, 0.2) is 0 Å². The third-order valence-corrected chi connectivity index (χ3v) is 3.12. The van der Waals surface area contributed by atoms with Crippen molar-refractivity contribution in [2.75, 3.05) is 13.6 Å². The molecule has 1 heteroatoms. The maximum Gasteiger partial charge on any atom is 0.0212 e. The Bertz CT molecular complexity index is 324. The lowest BCUT2D eigenvalue weighted by molar-refractivity contribution is 0.411. The summed E-state index contributed by atoms with van der Waals surface area (Å²) in [4.78, 5) is 2.24. The summed E-state index contributed by atoms with van der Waals surface area (Å²) >= 11 is 0. The Morgan fingerprint density at radius 3 is 2.19 bits per heavy atom. The number of likely N-dealkylation sites (N-methyl/N-ethyl adjacent to an activating group) is 1. The Hall–Kier alpha value is -1.24. The van der Waals surface area contributed by atoms with Crippen molar-refractivity contribution in [2.45, 2.75) is 33.1 Å². The summed E-state index contributed by atoms with van der Waals surface area (Å²) in [5.74, 6) is 0. The molecule has 0 saturated carbocycles. The lowest BCUT2D eigenvalue weighted by Gasteiger charge is -2.20. The molecular weight excluding hydrogens is 194 g/mol. The molecule has 0 saturated heterocycles. The zero-order chi connectivity index (χ0) is 12.0. The van der Waals surface area contributed by atoms with Crippen LogP contribution in [0.15, 0.2) is 36.5 Å². The average molecular weight is 217 g/mol. The summed E-state index contributed by atoms with van der Waals surface area (Å²) in [6, 6.07) is 8.93. The molecule has 0 radical (unpaired) electrons. The van der Waals surface area contributed by atoms with Crippen LogP contribution in [0.5, 0.6) is 0 Å². The normalized spacial score (nSPS) is 10.2. The number of hydrogen-bond acceptors (Lipinski definition) is 1. The minimum atomic E-state index is 1.03. The molecule has 1 rings (SSSR count). The highest BCUT2D eigenvalue weighted by Crippen LogP contribution is 2.08. The third-order valence-electron chi connectivity index (χ3n) is 3.12. The van der Waals surface area contributed by atoms with Gasteiger partial charge in [0.05, 0.1) is 0 Å². The van der Waals surface area contributed by atoms with E-state index in [4.69, 9.17) is 0 Å². The minimum absolute atomic E-state index is 1.03. The van der Waals surface area contributed by atoms with E-state index in [1.165, 1.54) is 16.8 Å². The first-order valence-electron chi connectivity index (χ1n) is 6.14. The van der Waals surface area contributed by atoms with Crippen LogP contribution < -0.4 is 0 Å². The van der Waals surface area contributed by atoms with Gasteiger partial charge in [-0.3, -0.25) is 0 Å². The maximum absolute atomic E-state index is 4.04. The SMILES string of the molecule is C=C(CC)N(C)CCc1ccc(CC)cc1. The van der Waals surface area contributed by atoms with Crippen LogP contribution in [0.4, 0.5) is 0 Å². The lowest BCUT2D eigenvalue weighted by atomic mass is 10.1. The predicted octanol–water partition coefficient (Wildman–Crippen LogP) is 3.65. The van der Waals surface area contributed by atoms with Gasteiger partial charge in [-0.25, -0.2) is 0 Å². The summed E-state index contributed by atoms with van der Waals surface area (Å²) in [6.07, 6.45) is 3.25. The van der Waals surface area contributed by atoms with Crippen LogP contribution in [0.3, 0.4) is 0 Å². The van der Waals surface area contributed by atoms with Crippen LogP contribution in [0.25, 0.3) is 0 Å². The molecule has 16 heavy (non-hydrogen) atoms. The molecule has 0 aromatic heterocycles. The highest BCUT2D eigenvalue weighted by atomic mass is 15.1. The van der Waals surface area contributed by atoms with Gasteiger partial charge in [-0.1, -0.05) is 44.7 Å². The quantitative estimate of drug-likeness (QED) is 0.703. The van der Waals surface area contributed by atoms with Gasteiger partial charge >= 0.3 is 0 Å². The largest absolute Gasteiger partial charge is 0.378 e. The van der Waals surface area contributed by atoms with Crippen molar-refractivity contribution in [3.63, 3.8) is 0 Å². The van der Waals surface area contributed by atoms with Crippen LogP contribution >= 0.6 is 0 Å². The van der Waals surface area contributed by atoms with Crippen molar-refractivity contribution in [3.05, 3.63) is 47.7 Å². The predicted molar refractivity (Wildman–Crippen MR) is 71.6 cm³/mol. The van der Waals surface area contributed by atoms with Gasteiger partial charge in [0, 0.05) is 19.3 Å². The summed E-state index contributed by atoms with van der Waals surface area (Å²) in [5, 5.41) is 0. The molecule has 0 N–H and O–H groups in total. The first kappa shape index (κ1) is 12.8. The highest BCUT2D eigenvalue weighted by Gasteiger charge is 2.00. The van der Waals surface area contributed by atoms with E-state index in [9.17, 15) is 0 Å². The second kappa shape index (κ2) is 6.37. The Morgan fingerprint density at radius 2 is 1.69 bits per heavy atom. The molecule has 1 nitrogen and oxygen atoms in total. The number of allylic oxidation sites excluding steroid dienone is 1. The smallest absolute Gasteiger partial charge is 0.0212 e. The first-order valence-corrected chi connectivity index (χ1v) is 6.14. The average Bonchev–Trinajstić information content (AvgIpc) is 2.35. The van der Waals surface area contributed by atoms with Crippen LogP contribution in [0.1, 0.15) is 31.4 Å². The van der Waals surface area contributed by atoms with Crippen molar-refractivity contribution >= 4 is 0 Å². The molecule has 0 atom stereocenters. The molecule has 88 valence electrons. The van der Waals surface area contributed by atoms with Crippen molar-refractivity contribution in [1.29, 1.82) is 0 Å². The molecule has 0 spiro atoms. The molecule has 0 aliphatic heterocycles. The zero-order valence-electron chi connectivity index (χ0n) is 10.8. The van der Waals surface area contributed by atoms with E-state index < -0.39 is 0 Å². The summed E-state index contributed by atoms with van der Waals surface area (Å²) < 4.78 is 0. The van der Waals surface area contributed by atoms with Crippen LogP contribution in [0.2, 0.25) is 0 Å². The number of benzene rings is 1. The molecule has 1 aromatic rings. The molecular formula is C15H23N. The third kappa shape index (κ3) is 3.73. The van der Waals surface area contributed by atoms with Gasteiger partial charge in [0.1, 0.15) is 0 Å². The summed E-state index contributed by atoms with van der Waals surface area (Å²) in [5.41, 5.74) is 4.04. The van der Waals surface area contributed by atoms with Gasteiger partial charge in [0.25, 0.3) is 0 Å². The second-order valence-corrected chi connectivity index (χ2v) is 4.26. The van der Waals surface area contributed by atoms with E-state index in [0.29, 0.717) is 0 Å². The van der Waals surface area contributed by atoms with Gasteiger partial charge in [0.2, 0.25) is 0 Å². The van der Waals surface area contributed by atoms with Gasteiger partial charge < -0.3 is 4.90 Å². The van der Waals surface area contributed by atoms with E-state index in [2.05, 4.69) is 56.6 Å². The fourth-order valence-corrected chi connectivity index (χ4v) is 1.67. The molecule has 0 aliphatic carbocycles. The van der Waals surface area contributed by atoms with E-state index in [1.807, 2.05) is 0 Å². The van der Waals surface area contributed by atoms with Crippen LogP contribution in [-0.4, -0.2) is 18.5 Å². The number of nitrogens with zero attached hydrogens (tertiary/aromatic N) is 1. The molecule has 0 heterocycles. The highest BCUT2D eigenvalue weighted by molar-refractivity contribution is 5.22. The fraction of sp³-hybridized carbons (Fsp3) is 0.467. The van der Waals surface area contributed by atoms with E-state index >= 15 is 0 Å². The topological polar surface area (TPSA) is 3.24 Å². The number of aryl methyl sites for hydroxylation is 1. The van der Waals surface area contributed by atoms with E-state index in [0.717, 1.165) is 25.8 Å². The maximum atomic E-state index is 4.04. The molecule has 0 aliphatic rings. The molecule has 1 aromatic carbocycles. The Kier molecular flexibility index (Phi) is 5.10. The van der Waals surface area contributed by atoms with Crippen molar-refractivity contribution in [1.82, 2.24) is 4.90 Å². The minimum Gasteiger partial charge on any atom is -0.378 e. The number of rotatable bonds is 6. The van der Waals surface area contributed by atoms with Gasteiger partial charge in [-0.15, -0.1) is 0 Å². The lowest BCUT2D eigenvalue weighted by Crippen LogP contribution is -2.19. The first-order chi connectivity index (χ1) is 7.67. The van der Waals surface area contributed by atoms with Crippen molar-refractivity contribution in [2.24, 2.45) is 0 Å². The molecule has 0 bridgehead atoms. The van der Waals surface area contributed by atoms with Crippen LogP contribution in [-0.2, 0) is 12.8 Å². The number of hydrogen-bond donors (Lipinski definition) is 0. The molecule has 0 fully saturated rings. The van der Waals surface area contributed by atoms with Gasteiger partial charge in [-0.2, -0.15) is 0 Å². The van der Waals surface area contributed by atoms with Crippen LogP contribution in [0, 0.1) is 0 Å². The van der Waals surface area contributed by atoms with E-state index in [-0.39, 0.29) is 0 Å². The van der Waals surface area contributed by atoms with E-state index in [1.54, 1.807) is 0 Å². The van der Waals surface area contributed by atoms with Gasteiger partial charge in [-0.05, 0) is 30.4 Å². The fourth-order valence-electron chi connectivity index (χ4n) is 1.67. The Morgan fingerprint density at radius 1 is 1.12 bits per heavy atom.